The molecule has 0 saturated carbocycles. The zero-order chi connectivity index (χ0) is 10.7. The van der Waals surface area contributed by atoms with Gasteiger partial charge in [-0.3, -0.25) is 0 Å². The van der Waals surface area contributed by atoms with Crippen molar-refractivity contribution in [3.8, 4) is 6.19 Å². The summed E-state index contributed by atoms with van der Waals surface area (Å²) in [6, 6.07) is 8.56. The fourth-order valence-electron chi connectivity index (χ4n) is 1.82. The van der Waals surface area contributed by atoms with E-state index in [2.05, 4.69) is 42.3 Å². The maximum Gasteiger partial charge on any atom is 0.179 e. The van der Waals surface area contributed by atoms with Crippen LogP contribution in [0.3, 0.4) is 0 Å². The van der Waals surface area contributed by atoms with Gasteiger partial charge in [0.15, 0.2) is 6.19 Å². The molecule has 1 heterocycles. The average molecular weight is 201 g/mol. The largest absolute Gasteiger partial charge is 0.368 e. The zero-order valence-electron chi connectivity index (χ0n) is 8.98. The van der Waals surface area contributed by atoms with Gasteiger partial charge in [0.05, 0.1) is 0 Å². The topological polar surface area (TPSA) is 30.3 Å². The van der Waals surface area contributed by atoms with Crippen molar-refractivity contribution < 1.29 is 0 Å². The Kier molecular flexibility index (Phi) is 2.77. The second kappa shape index (κ2) is 4.22. The molecule has 15 heavy (non-hydrogen) atoms. The third-order valence-electron chi connectivity index (χ3n) is 2.82. The van der Waals surface area contributed by atoms with E-state index in [1.165, 1.54) is 11.3 Å². The summed E-state index contributed by atoms with van der Waals surface area (Å²) in [6.07, 6.45) is 2.19. The van der Waals surface area contributed by atoms with Gasteiger partial charge >= 0.3 is 0 Å². The van der Waals surface area contributed by atoms with Crippen molar-refractivity contribution in [1.82, 2.24) is 4.90 Å². The SMILES string of the molecule is Cc1ccc(N2CCN(C#N)CC2)cc1. The van der Waals surface area contributed by atoms with Crippen LogP contribution in [0.1, 0.15) is 5.56 Å². The number of anilines is 1. The maximum atomic E-state index is 8.74. The number of hydrogen-bond acceptors (Lipinski definition) is 3. The summed E-state index contributed by atoms with van der Waals surface area (Å²) in [7, 11) is 0. The van der Waals surface area contributed by atoms with Gasteiger partial charge in [0, 0.05) is 31.9 Å². The van der Waals surface area contributed by atoms with Crippen LogP contribution >= 0.6 is 0 Å². The van der Waals surface area contributed by atoms with Gasteiger partial charge in [-0.05, 0) is 19.1 Å². The Morgan fingerprint density at radius 3 is 2.20 bits per heavy atom. The van der Waals surface area contributed by atoms with Crippen molar-refractivity contribution in [2.75, 3.05) is 31.1 Å². The first-order valence-corrected chi connectivity index (χ1v) is 5.26. The number of aryl methyl sites for hydroxylation is 1. The summed E-state index contributed by atoms with van der Waals surface area (Å²) in [5.74, 6) is 0. The minimum atomic E-state index is 0.838. The predicted molar refractivity (Wildman–Crippen MR) is 60.6 cm³/mol. The molecule has 1 saturated heterocycles. The van der Waals surface area contributed by atoms with Crippen LogP contribution in [0.4, 0.5) is 5.69 Å². The summed E-state index contributed by atoms with van der Waals surface area (Å²) < 4.78 is 0. The molecule has 0 aromatic heterocycles. The Labute approximate surface area is 90.5 Å². The molecule has 0 bridgehead atoms. The van der Waals surface area contributed by atoms with Gasteiger partial charge in [-0.15, -0.1) is 0 Å². The van der Waals surface area contributed by atoms with Gasteiger partial charge in [0.2, 0.25) is 0 Å². The van der Waals surface area contributed by atoms with Gasteiger partial charge in [0.1, 0.15) is 0 Å². The van der Waals surface area contributed by atoms with E-state index in [9.17, 15) is 0 Å². The normalized spacial score (nSPS) is 16.3. The Morgan fingerprint density at radius 2 is 1.67 bits per heavy atom. The number of rotatable bonds is 1. The van der Waals surface area contributed by atoms with E-state index in [0.717, 1.165) is 26.2 Å². The lowest BCUT2D eigenvalue weighted by Crippen LogP contribution is -2.44. The van der Waals surface area contributed by atoms with Gasteiger partial charge in [-0.25, -0.2) is 0 Å². The third kappa shape index (κ3) is 2.21. The number of nitriles is 1. The van der Waals surface area contributed by atoms with Crippen LogP contribution in [-0.2, 0) is 0 Å². The van der Waals surface area contributed by atoms with Gasteiger partial charge in [0.25, 0.3) is 0 Å². The van der Waals surface area contributed by atoms with E-state index >= 15 is 0 Å². The molecule has 0 radical (unpaired) electrons. The Balaban J connectivity index is 2.02. The molecule has 1 aliphatic heterocycles. The fourth-order valence-corrected chi connectivity index (χ4v) is 1.82. The second-order valence-corrected chi connectivity index (χ2v) is 3.91. The van der Waals surface area contributed by atoms with Crippen LogP contribution < -0.4 is 4.90 Å². The molecule has 0 unspecified atom stereocenters. The van der Waals surface area contributed by atoms with Crippen molar-refractivity contribution >= 4 is 5.69 Å². The molecule has 1 fully saturated rings. The lowest BCUT2D eigenvalue weighted by atomic mass is 10.2. The summed E-state index contributed by atoms with van der Waals surface area (Å²) in [5.41, 5.74) is 2.55. The first-order chi connectivity index (χ1) is 7.29. The molecule has 0 spiro atoms. The summed E-state index contributed by atoms with van der Waals surface area (Å²) >= 11 is 0. The third-order valence-corrected chi connectivity index (χ3v) is 2.82. The zero-order valence-corrected chi connectivity index (χ0v) is 8.98. The van der Waals surface area contributed by atoms with Crippen LogP contribution in [0.2, 0.25) is 0 Å². The summed E-state index contributed by atoms with van der Waals surface area (Å²) in [4.78, 5) is 4.14. The highest BCUT2D eigenvalue weighted by Crippen LogP contribution is 2.16. The maximum absolute atomic E-state index is 8.74. The lowest BCUT2D eigenvalue weighted by Gasteiger charge is -2.33. The highest BCUT2D eigenvalue weighted by Gasteiger charge is 2.15. The van der Waals surface area contributed by atoms with Crippen LogP contribution in [0, 0.1) is 18.4 Å². The monoisotopic (exact) mass is 201 g/mol. The molecule has 3 heteroatoms. The van der Waals surface area contributed by atoms with Crippen molar-refractivity contribution in [3.63, 3.8) is 0 Å². The van der Waals surface area contributed by atoms with Crippen molar-refractivity contribution in [2.45, 2.75) is 6.92 Å². The lowest BCUT2D eigenvalue weighted by molar-refractivity contribution is 0.363. The number of hydrogen-bond donors (Lipinski definition) is 0. The highest BCUT2D eigenvalue weighted by atomic mass is 15.3. The van der Waals surface area contributed by atoms with E-state index < -0.39 is 0 Å². The predicted octanol–water partition coefficient (Wildman–Crippen LogP) is 1.60. The van der Waals surface area contributed by atoms with Gasteiger partial charge in [-0.2, -0.15) is 5.26 Å². The van der Waals surface area contributed by atoms with E-state index in [1.807, 2.05) is 4.90 Å². The molecular weight excluding hydrogens is 186 g/mol. The highest BCUT2D eigenvalue weighted by molar-refractivity contribution is 5.47. The average Bonchev–Trinajstić information content (AvgIpc) is 2.30. The van der Waals surface area contributed by atoms with E-state index in [4.69, 9.17) is 5.26 Å². The minimum Gasteiger partial charge on any atom is -0.368 e. The first kappa shape index (κ1) is 9.85. The molecule has 0 atom stereocenters. The first-order valence-electron chi connectivity index (χ1n) is 5.26. The molecule has 2 rings (SSSR count). The summed E-state index contributed by atoms with van der Waals surface area (Å²) in [6.45, 7) is 5.65. The number of piperazine rings is 1. The molecule has 0 aliphatic carbocycles. The molecule has 1 aromatic rings. The Morgan fingerprint density at radius 1 is 1.07 bits per heavy atom. The number of benzene rings is 1. The van der Waals surface area contributed by atoms with Crippen molar-refractivity contribution in [1.29, 1.82) is 5.26 Å². The van der Waals surface area contributed by atoms with Crippen molar-refractivity contribution in [3.05, 3.63) is 29.8 Å². The second-order valence-electron chi connectivity index (χ2n) is 3.91. The van der Waals surface area contributed by atoms with Gasteiger partial charge in [-0.1, -0.05) is 17.7 Å². The van der Waals surface area contributed by atoms with Crippen LogP contribution in [0.5, 0.6) is 0 Å². The van der Waals surface area contributed by atoms with E-state index in [0.29, 0.717) is 0 Å². The molecule has 0 amide bonds. The standard InChI is InChI=1S/C12H15N3/c1-11-2-4-12(5-3-11)15-8-6-14(10-13)7-9-15/h2-5H,6-9H2,1H3. The van der Waals surface area contributed by atoms with Crippen molar-refractivity contribution in [2.24, 2.45) is 0 Å². The van der Waals surface area contributed by atoms with Crippen LogP contribution in [0.25, 0.3) is 0 Å². The van der Waals surface area contributed by atoms with Crippen LogP contribution in [-0.4, -0.2) is 31.1 Å². The molecular formula is C12H15N3. The molecule has 78 valence electrons. The molecule has 1 aromatic carbocycles. The fraction of sp³-hybridized carbons (Fsp3) is 0.417. The van der Waals surface area contributed by atoms with E-state index in [1.54, 1.807) is 0 Å². The molecule has 3 nitrogen and oxygen atoms in total. The molecule has 1 aliphatic rings. The Bertz CT molecular complexity index is 355. The van der Waals surface area contributed by atoms with E-state index in [-0.39, 0.29) is 0 Å². The molecule has 0 N–H and O–H groups in total. The van der Waals surface area contributed by atoms with Gasteiger partial charge < -0.3 is 9.80 Å². The van der Waals surface area contributed by atoms with Crippen LogP contribution in [0.15, 0.2) is 24.3 Å². The smallest absolute Gasteiger partial charge is 0.179 e. The number of nitrogens with zero attached hydrogens (tertiary/aromatic N) is 3. The quantitative estimate of drug-likeness (QED) is 0.646. The minimum absolute atomic E-state index is 0.838. The Hall–Kier alpha value is -1.69. The summed E-state index contributed by atoms with van der Waals surface area (Å²) in [5, 5.41) is 8.74.